The van der Waals surface area contributed by atoms with Crippen molar-refractivity contribution < 1.29 is 5.11 Å². The van der Waals surface area contributed by atoms with Crippen LogP contribution < -0.4 is 10.2 Å². The topological polar surface area (TPSA) is 35.5 Å². The molecule has 0 aliphatic carbocycles. The molecule has 0 fully saturated rings. The van der Waals surface area contributed by atoms with Crippen LogP contribution in [0.4, 0.5) is 5.69 Å². The largest absolute Gasteiger partial charge is 0.396 e. The number of aliphatic hydroxyl groups excluding tert-OH is 1. The fourth-order valence-corrected chi connectivity index (χ4v) is 1.58. The predicted octanol–water partition coefficient (Wildman–Crippen LogP) is 1.48. The maximum atomic E-state index is 8.61. The lowest BCUT2D eigenvalue weighted by molar-refractivity contribution is 0.286. The van der Waals surface area contributed by atoms with E-state index >= 15 is 0 Å². The quantitative estimate of drug-likeness (QED) is 0.654. The minimum absolute atomic E-state index is 0.275. The number of hydrogen-bond acceptors (Lipinski definition) is 3. The summed E-state index contributed by atoms with van der Waals surface area (Å²) >= 11 is 0. The molecule has 0 heterocycles. The van der Waals surface area contributed by atoms with Crippen molar-refractivity contribution in [2.75, 3.05) is 38.2 Å². The summed E-state index contributed by atoms with van der Waals surface area (Å²) in [4.78, 5) is 2.26. The molecule has 0 radical (unpaired) electrons. The van der Waals surface area contributed by atoms with Gasteiger partial charge in [-0.15, -0.1) is 0 Å². The molecule has 0 bridgehead atoms. The maximum Gasteiger partial charge on any atom is 0.0443 e. The molecule has 16 heavy (non-hydrogen) atoms. The normalized spacial score (nSPS) is 10.4. The van der Waals surface area contributed by atoms with E-state index in [1.807, 2.05) is 6.07 Å². The average molecular weight is 222 g/mol. The number of nitrogens with zero attached hydrogens (tertiary/aromatic N) is 1. The van der Waals surface area contributed by atoms with E-state index in [1.54, 1.807) is 0 Å². The molecule has 0 aliphatic rings. The molecule has 0 saturated carbocycles. The molecule has 90 valence electrons. The molecular formula is C13H22N2O. The van der Waals surface area contributed by atoms with Gasteiger partial charge < -0.3 is 15.3 Å². The third-order valence-corrected chi connectivity index (χ3v) is 2.56. The Labute approximate surface area is 98.1 Å². The summed E-state index contributed by atoms with van der Waals surface area (Å²) in [7, 11) is 2.11. The molecule has 1 aromatic rings. The Hall–Kier alpha value is -1.06. The number of rotatable bonds is 8. The van der Waals surface area contributed by atoms with Crippen LogP contribution in [0, 0.1) is 0 Å². The summed E-state index contributed by atoms with van der Waals surface area (Å²) < 4.78 is 0. The van der Waals surface area contributed by atoms with Gasteiger partial charge in [0.15, 0.2) is 0 Å². The molecule has 3 heteroatoms. The number of aliphatic hydroxyl groups is 1. The summed E-state index contributed by atoms with van der Waals surface area (Å²) in [5, 5.41) is 11.9. The van der Waals surface area contributed by atoms with Crippen molar-refractivity contribution in [3.8, 4) is 0 Å². The lowest BCUT2D eigenvalue weighted by Crippen LogP contribution is -2.24. The molecule has 0 unspecified atom stereocenters. The van der Waals surface area contributed by atoms with Gasteiger partial charge in [-0.25, -0.2) is 0 Å². The van der Waals surface area contributed by atoms with Gasteiger partial charge in [-0.2, -0.15) is 0 Å². The van der Waals surface area contributed by atoms with Gasteiger partial charge in [0.05, 0.1) is 0 Å². The Bertz CT molecular complexity index is 264. The van der Waals surface area contributed by atoms with Crippen molar-refractivity contribution in [1.29, 1.82) is 0 Å². The second-order valence-electron chi connectivity index (χ2n) is 3.94. The van der Waals surface area contributed by atoms with Gasteiger partial charge in [0, 0.05) is 25.9 Å². The van der Waals surface area contributed by atoms with Crippen LogP contribution in [-0.4, -0.2) is 38.4 Å². The van der Waals surface area contributed by atoms with Crippen LogP contribution in [0.5, 0.6) is 0 Å². The second kappa shape index (κ2) is 8.13. The Balaban J connectivity index is 2.09. The monoisotopic (exact) mass is 222 g/mol. The first-order chi connectivity index (χ1) is 7.84. The SMILES string of the molecule is CN(CCCNCCCO)c1ccccc1. The van der Waals surface area contributed by atoms with Gasteiger partial charge in [-0.3, -0.25) is 0 Å². The minimum atomic E-state index is 0.275. The Morgan fingerprint density at radius 2 is 1.81 bits per heavy atom. The van der Waals surface area contributed by atoms with Crippen LogP contribution in [0.3, 0.4) is 0 Å². The van der Waals surface area contributed by atoms with Crippen LogP contribution in [0.15, 0.2) is 30.3 Å². The Morgan fingerprint density at radius 3 is 2.50 bits per heavy atom. The van der Waals surface area contributed by atoms with Crippen LogP contribution in [-0.2, 0) is 0 Å². The van der Waals surface area contributed by atoms with E-state index in [-0.39, 0.29) is 6.61 Å². The fourth-order valence-electron chi connectivity index (χ4n) is 1.58. The molecule has 0 aromatic heterocycles. The van der Waals surface area contributed by atoms with Crippen LogP contribution >= 0.6 is 0 Å². The van der Waals surface area contributed by atoms with Gasteiger partial charge in [-0.05, 0) is 38.1 Å². The van der Waals surface area contributed by atoms with Crippen molar-refractivity contribution in [2.45, 2.75) is 12.8 Å². The van der Waals surface area contributed by atoms with Gasteiger partial charge in [0.25, 0.3) is 0 Å². The third-order valence-electron chi connectivity index (χ3n) is 2.56. The number of nitrogens with one attached hydrogen (secondary N) is 1. The summed E-state index contributed by atoms with van der Waals surface area (Å²) in [6.45, 7) is 3.25. The number of benzene rings is 1. The van der Waals surface area contributed by atoms with E-state index in [9.17, 15) is 0 Å². The van der Waals surface area contributed by atoms with E-state index in [0.29, 0.717) is 0 Å². The average Bonchev–Trinajstić information content (AvgIpc) is 2.34. The smallest absolute Gasteiger partial charge is 0.0443 e. The molecule has 2 N–H and O–H groups in total. The van der Waals surface area contributed by atoms with Gasteiger partial charge in [-0.1, -0.05) is 18.2 Å². The summed E-state index contributed by atoms with van der Waals surface area (Å²) in [6, 6.07) is 10.4. The minimum Gasteiger partial charge on any atom is -0.396 e. The fraction of sp³-hybridized carbons (Fsp3) is 0.538. The van der Waals surface area contributed by atoms with Gasteiger partial charge in [0.2, 0.25) is 0 Å². The highest BCUT2D eigenvalue weighted by Crippen LogP contribution is 2.10. The van der Waals surface area contributed by atoms with Crippen molar-refractivity contribution in [1.82, 2.24) is 5.32 Å². The standard InChI is InChI=1S/C13H22N2O/c1-15(13-7-3-2-4-8-13)11-5-9-14-10-6-12-16/h2-4,7-8,14,16H,5-6,9-12H2,1H3. The molecule has 0 amide bonds. The van der Waals surface area contributed by atoms with Gasteiger partial charge >= 0.3 is 0 Å². The predicted molar refractivity (Wildman–Crippen MR) is 68.9 cm³/mol. The number of para-hydroxylation sites is 1. The van der Waals surface area contributed by atoms with Crippen molar-refractivity contribution in [2.24, 2.45) is 0 Å². The zero-order valence-corrected chi connectivity index (χ0v) is 10.0. The summed E-state index contributed by atoms with van der Waals surface area (Å²) in [5.74, 6) is 0. The van der Waals surface area contributed by atoms with Gasteiger partial charge in [0.1, 0.15) is 0 Å². The first-order valence-corrected chi connectivity index (χ1v) is 5.92. The molecule has 0 atom stereocenters. The lowest BCUT2D eigenvalue weighted by atomic mass is 10.3. The van der Waals surface area contributed by atoms with E-state index < -0.39 is 0 Å². The molecule has 0 saturated heterocycles. The van der Waals surface area contributed by atoms with Crippen LogP contribution in [0.1, 0.15) is 12.8 Å². The highest BCUT2D eigenvalue weighted by atomic mass is 16.3. The first kappa shape index (κ1) is 13.0. The van der Waals surface area contributed by atoms with Crippen LogP contribution in [0.25, 0.3) is 0 Å². The van der Waals surface area contributed by atoms with E-state index in [2.05, 4.69) is 41.5 Å². The van der Waals surface area contributed by atoms with Crippen LogP contribution in [0.2, 0.25) is 0 Å². The molecular weight excluding hydrogens is 200 g/mol. The number of anilines is 1. The second-order valence-corrected chi connectivity index (χ2v) is 3.94. The highest BCUT2D eigenvalue weighted by molar-refractivity contribution is 5.44. The molecule has 1 aromatic carbocycles. The van der Waals surface area contributed by atoms with E-state index in [4.69, 9.17) is 5.11 Å². The molecule has 0 aliphatic heterocycles. The molecule has 1 rings (SSSR count). The molecule has 3 nitrogen and oxygen atoms in total. The zero-order chi connectivity index (χ0) is 11.6. The highest BCUT2D eigenvalue weighted by Gasteiger charge is 1.98. The zero-order valence-electron chi connectivity index (χ0n) is 10.0. The van der Waals surface area contributed by atoms with E-state index in [0.717, 1.165) is 32.5 Å². The third kappa shape index (κ3) is 5.14. The molecule has 0 spiro atoms. The lowest BCUT2D eigenvalue weighted by Gasteiger charge is -2.19. The first-order valence-electron chi connectivity index (χ1n) is 5.92. The summed E-state index contributed by atoms with van der Waals surface area (Å²) in [5.41, 5.74) is 1.26. The van der Waals surface area contributed by atoms with E-state index in [1.165, 1.54) is 5.69 Å². The van der Waals surface area contributed by atoms with Crippen molar-refractivity contribution in [3.05, 3.63) is 30.3 Å². The van der Waals surface area contributed by atoms with Crippen molar-refractivity contribution >= 4 is 5.69 Å². The Kier molecular flexibility index (Phi) is 6.61. The maximum absolute atomic E-state index is 8.61. The van der Waals surface area contributed by atoms with Crippen molar-refractivity contribution in [3.63, 3.8) is 0 Å². The number of hydrogen-bond donors (Lipinski definition) is 2. The Morgan fingerprint density at radius 1 is 1.12 bits per heavy atom. The summed E-state index contributed by atoms with van der Waals surface area (Å²) in [6.07, 6.45) is 1.96.